The summed E-state index contributed by atoms with van der Waals surface area (Å²) in [6, 6.07) is 9.17. The van der Waals surface area contributed by atoms with E-state index >= 15 is 0 Å². The molecule has 4 aliphatic heterocycles. The second kappa shape index (κ2) is 10.2. The Kier molecular flexibility index (Phi) is 6.81. The van der Waals surface area contributed by atoms with Crippen molar-refractivity contribution in [2.24, 2.45) is 23.2 Å². The molecule has 4 amide bonds. The summed E-state index contributed by atoms with van der Waals surface area (Å²) in [4.78, 5) is 56.1. The Morgan fingerprint density at radius 2 is 1.82 bits per heavy atom. The number of fused-ring (bicyclic) bond motifs is 3. The van der Waals surface area contributed by atoms with E-state index < -0.39 is 28.9 Å². The van der Waals surface area contributed by atoms with E-state index in [4.69, 9.17) is 4.74 Å². The number of allylic oxidation sites excluding steroid dienone is 2. The summed E-state index contributed by atoms with van der Waals surface area (Å²) in [6.45, 7) is 4.74. The van der Waals surface area contributed by atoms with Crippen molar-refractivity contribution < 1.29 is 23.9 Å². The Balaban J connectivity index is 1.38. The number of rotatable bonds is 2. The Morgan fingerprint density at radius 1 is 1.02 bits per heavy atom. The molecule has 3 N–H and O–H groups in total. The number of amides is 4. The minimum atomic E-state index is -1.42. The summed E-state index contributed by atoms with van der Waals surface area (Å²) >= 11 is 0. The molecule has 1 aliphatic carbocycles. The number of carbonyl (C=O) groups excluding carboxylic acids is 4. The zero-order valence-corrected chi connectivity index (χ0v) is 23.1. The molecular weight excluding hydrogens is 508 g/mol. The first-order valence-electron chi connectivity index (χ1n) is 14.5. The van der Waals surface area contributed by atoms with E-state index in [-0.39, 0.29) is 48.2 Å². The van der Waals surface area contributed by atoms with Gasteiger partial charge in [-0.05, 0) is 44.1 Å². The molecule has 40 heavy (non-hydrogen) atoms. The Bertz CT molecular complexity index is 1260. The molecule has 8 atom stereocenters. The van der Waals surface area contributed by atoms with Crippen molar-refractivity contribution in [2.45, 2.75) is 63.3 Å². The standard InChI is InChI=1S/C31H38N4O5/c1-19-25-22(17-20-11-6-5-7-12-20)34-29(39)31(25)21(26-30(19,2)40-26)13-8-3-4-9-15-32-27(37)23-14-10-16-35(23)24(36)18-33-28(31)38/h4-9,11-13,19,21-23,25-26H,3,10,14-18H2,1-2H3,(H,32,37)(H,33,38)(H,34,39)/b9-4-,13-8+/t19-,21?,22-,23-,25?,26-,30+,31-/m0/s1. The zero-order chi connectivity index (χ0) is 28.1. The summed E-state index contributed by atoms with van der Waals surface area (Å²) in [5.41, 5.74) is -0.774. The van der Waals surface area contributed by atoms with Gasteiger partial charge in [0, 0.05) is 31.0 Å². The first-order valence-corrected chi connectivity index (χ1v) is 14.5. The van der Waals surface area contributed by atoms with Crippen LogP contribution in [-0.2, 0) is 30.3 Å². The van der Waals surface area contributed by atoms with Crippen LogP contribution in [0.25, 0.3) is 0 Å². The maximum Gasteiger partial charge on any atom is 0.243 e. The lowest BCUT2D eigenvalue weighted by molar-refractivity contribution is -0.151. The molecule has 2 unspecified atom stereocenters. The third-order valence-electron chi connectivity index (χ3n) is 9.96. The van der Waals surface area contributed by atoms with Crippen LogP contribution in [0.2, 0.25) is 0 Å². The summed E-state index contributed by atoms with van der Waals surface area (Å²) in [7, 11) is 0. The number of ether oxygens (including phenoxy) is 1. The fourth-order valence-electron chi connectivity index (χ4n) is 7.80. The average Bonchev–Trinajstić information content (AvgIpc) is 3.28. The lowest BCUT2D eigenvalue weighted by atomic mass is 9.52. The predicted octanol–water partition coefficient (Wildman–Crippen LogP) is 1.49. The van der Waals surface area contributed by atoms with Crippen molar-refractivity contribution in [2.75, 3.05) is 19.6 Å². The highest BCUT2D eigenvalue weighted by atomic mass is 16.6. The number of carbonyl (C=O) groups is 4. The fourth-order valence-corrected chi connectivity index (χ4v) is 7.80. The first-order chi connectivity index (χ1) is 19.3. The molecule has 1 saturated carbocycles. The smallest absolute Gasteiger partial charge is 0.243 e. The van der Waals surface area contributed by atoms with Crippen molar-refractivity contribution in [3.8, 4) is 0 Å². The zero-order valence-electron chi connectivity index (χ0n) is 23.1. The molecule has 4 heterocycles. The van der Waals surface area contributed by atoms with E-state index in [1.807, 2.05) is 54.6 Å². The first kappa shape index (κ1) is 26.7. The van der Waals surface area contributed by atoms with Gasteiger partial charge in [-0.15, -0.1) is 0 Å². The molecule has 5 aliphatic rings. The molecule has 0 aromatic heterocycles. The van der Waals surface area contributed by atoms with Crippen LogP contribution in [0.3, 0.4) is 0 Å². The lowest BCUT2D eigenvalue weighted by Crippen LogP contribution is -2.62. The predicted molar refractivity (Wildman–Crippen MR) is 148 cm³/mol. The van der Waals surface area contributed by atoms with E-state index in [0.29, 0.717) is 32.4 Å². The Morgan fingerprint density at radius 3 is 2.62 bits per heavy atom. The third kappa shape index (κ3) is 4.17. The summed E-state index contributed by atoms with van der Waals surface area (Å²) in [6.07, 6.45) is 10.0. The van der Waals surface area contributed by atoms with Gasteiger partial charge < -0.3 is 25.6 Å². The maximum absolute atomic E-state index is 14.3. The number of hydrogen-bond acceptors (Lipinski definition) is 5. The fraction of sp³-hybridized carbons (Fsp3) is 0.548. The van der Waals surface area contributed by atoms with Gasteiger partial charge >= 0.3 is 0 Å². The normalized spacial score (nSPS) is 41.0. The highest BCUT2D eigenvalue weighted by Crippen LogP contribution is 2.65. The van der Waals surface area contributed by atoms with Crippen LogP contribution in [0, 0.1) is 23.2 Å². The van der Waals surface area contributed by atoms with Crippen molar-refractivity contribution in [1.82, 2.24) is 20.9 Å². The van der Waals surface area contributed by atoms with E-state index in [1.54, 1.807) is 4.90 Å². The molecule has 0 bridgehead atoms. The van der Waals surface area contributed by atoms with Gasteiger partial charge in [-0.25, -0.2) is 0 Å². The molecular formula is C31H38N4O5. The van der Waals surface area contributed by atoms with E-state index in [9.17, 15) is 19.2 Å². The third-order valence-corrected chi connectivity index (χ3v) is 9.96. The van der Waals surface area contributed by atoms with Crippen molar-refractivity contribution in [3.05, 3.63) is 60.2 Å². The second-order valence-corrected chi connectivity index (χ2v) is 12.0. The van der Waals surface area contributed by atoms with Gasteiger partial charge in [0.15, 0.2) is 0 Å². The highest BCUT2D eigenvalue weighted by Gasteiger charge is 2.78. The average molecular weight is 547 g/mol. The summed E-state index contributed by atoms with van der Waals surface area (Å²) < 4.78 is 6.32. The SMILES string of the molecule is C[C@H]1C2[C@H](Cc3ccccc3)NC(=O)[C@]23C(=O)NCC(=O)N2CCC[C@H]2C(=O)NC/C=C\C/C=C/C3[C@@H]2O[C@]12C. The van der Waals surface area contributed by atoms with Crippen LogP contribution < -0.4 is 16.0 Å². The van der Waals surface area contributed by atoms with Gasteiger partial charge in [-0.1, -0.05) is 61.6 Å². The van der Waals surface area contributed by atoms with Crippen LogP contribution in [0.5, 0.6) is 0 Å². The van der Waals surface area contributed by atoms with Crippen molar-refractivity contribution in [3.63, 3.8) is 0 Å². The molecule has 4 fully saturated rings. The number of nitrogens with one attached hydrogen (secondary N) is 3. The number of epoxide rings is 1. The minimum Gasteiger partial charge on any atom is -0.365 e. The largest absolute Gasteiger partial charge is 0.365 e. The maximum atomic E-state index is 14.3. The summed E-state index contributed by atoms with van der Waals surface area (Å²) in [5.74, 6) is -2.15. The van der Waals surface area contributed by atoms with Gasteiger partial charge in [0.2, 0.25) is 23.6 Å². The second-order valence-electron chi connectivity index (χ2n) is 12.0. The Labute approximate surface area is 234 Å². The van der Waals surface area contributed by atoms with Crippen molar-refractivity contribution >= 4 is 23.6 Å². The minimum absolute atomic E-state index is 0.0755. The van der Waals surface area contributed by atoms with Crippen LogP contribution in [0.4, 0.5) is 0 Å². The highest BCUT2D eigenvalue weighted by molar-refractivity contribution is 6.09. The molecule has 1 spiro atoms. The molecule has 9 heteroatoms. The molecule has 1 aromatic rings. The van der Waals surface area contributed by atoms with Gasteiger partial charge in [-0.3, -0.25) is 19.2 Å². The monoisotopic (exact) mass is 546 g/mol. The van der Waals surface area contributed by atoms with E-state index in [0.717, 1.165) is 12.0 Å². The quantitative estimate of drug-likeness (QED) is 0.295. The topological polar surface area (TPSA) is 120 Å². The molecule has 0 radical (unpaired) electrons. The number of benzene rings is 1. The van der Waals surface area contributed by atoms with Crippen LogP contribution in [0.1, 0.15) is 38.7 Å². The number of hydrogen-bond donors (Lipinski definition) is 3. The van der Waals surface area contributed by atoms with Crippen LogP contribution in [-0.4, -0.2) is 72.0 Å². The van der Waals surface area contributed by atoms with Gasteiger partial charge in [-0.2, -0.15) is 0 Å². The van der Waals surface area contributed by atoms with Gasteiger partial charge in [0.1, 0.15) is 11.5 Å². The van der Waals surface area contributed by atoms with Crippen molar-refractivity contribution in [1.29, 1.82) is 0 Å². The van der Waals surface area contributed by atoms with E-state index in [1.165, 1.54) is 0 Å². The van der Waals surface area contributed by atoms with Crippen LogP contribution >= 0.6 is 0 Å². The van der Waals surface area contributed by atoms with E-state index in [2.05, 4.69) is 29.8 Å². The van der Waals surface area contributed by atoms with Crippen LogP contribution in [0.15, 0.2) is 54.6 Å². The Hall–Kier alpha value is -3.46. The number of nitrogens with zero attached hydrogens (tertiary/aromatic N) is 1. The molecule has 1 aromatic carbocycles. The molecule has 212 valence electrons. The molecule has 3 saturated heterocycles. The molecule has 9 nitrogen and oxygen atoms in total. The lowest BCUT2D eigenvalue weighted by Gasteiger charge is -2.45. The summed E-state index contributed by atoms with van der Waals surface area (Å²) in [5, 5.41) is 8.96. The van der Waals surface area contributed by atoms with Gasteiger partial charge in [0.25, 0.3) is 0 Å². The molecule has 6 rings (SSSR count). The van der Waals surface area contributed by atoms with Gasteiger partial charge in [0.05, 0.1) is 18.2 Å².